The second-order valence-corrected chi connectivity index (χ2v) is 5.30. The highest BCUT2D eigenvalue weighted by molar-refractivity contribution is 7.11. The maximum Gasteiger partial charge on any atom is 0.00508 e. The summed E-state index contributed by atoms with van der Waals surface area (Å²) in [5, 5.41) is 0. The van der Waals surface area contributed by atoms with Crippen LogP contribution < -0.4 is 11.5 Å². The molecule has 80 valence electrons. The van der Waals surface area contributed by atoms with Gasteiger partial charge in [0.15, 0.2) is 0 Å². The molecule has 1 unspecified atom stereocenters. The minimum Gasteiger partial charge on any atom is -0.330 e. The van der Waals surface area contributed by atoms with E-state index in [1.165, 1.54) is 9.75 Å². The van der Waals surface area contributed by atoms with Crippen LogP contribution in [-0.2, 0) is 6.42 Å². The van der Waals surface area contributed by atoms with Crippen molar-refractivity contribution in [3.8, 4) is 0 Å². The Bertz CT molecular complexity index is 266. The summed E-state index contributed by atoms with van der Waals surface area (Å²) in [5.74, 6) is 1.04. The number of hydrogen-bond donors (Lipinski definition) is 2. The van der Waals surface area contributed by atoms with Crippen LogP contribution in [0.15, 0.2) is 12.1 Å². The fraction of sp³-hybridized carbons (Fsp3) is 0.636. The van der Waals surface area contributed by atoms with Crippen molar-refractivity contribution in [2.45, 2.75) is 20.3 Å². The van der Waals surface area contributed by atoms with Gasteiger partial charge >= 0.3 is 0 Å². The summed E-state index contributed by atoms with van der Waals surface area (Å²) in [4.78, 5) is 2.83. The molecule has 0 saturated carbocycles. The molecule has 0 amide bonds. The molecule has 0 saturated heterocycles. The van der Waals surface area contributed by atoms with Gasteiger partial charge in [-0.15, -0.1) is 11.3 Å². The summed E-state index contributed by atoms with van der Waals surface area (Å²) in [6.45, 7) is 5.77. The number of rotatable bonds is 5. The van der Waals surface area contributed by atoms with E-state index in [0.29, 0.717) is 24.9 Å². The summed E-state index contributed by atoms with van der Waals surface area (Å²) in [6.07, 6.45) is 1.11. The van der Waals surface area contributed by atoms with Gasteiger partial charge in [0.05, 0.1) is 0 Å². The van der Waals surface area contributed by atoms with Crippen molar-refractivity contribution in [1.29, 1.82) is 0 Å². The van der Waals surface area contributed by atoms with Crippen LogP contribution in [0.3, 0.4) is 0 Å². The molecular weight excluding hydrogens is 192 g/mol. The van der Waals surface area contributed by atoms with Crippen LogP contribution >= 0.6 is 11.3 Å². The number of aryl methyl sites for hydroxylation is 1. The van der Waals surface area contributed by atoms with E-state index >= 15 is 0 Å². The first-order chi connectivity index (χ1) is 6.67. The topological polar surface area (TPSA) is 52.0 Å². The number of nitrogens with two attached hydrogens (primary N) is 2. The third-order valence-electron chi connectivity index (χ3n) is 2.73. The first-order valence-corrected chi connectivity index (χ1v) is 5.94. The highest BCUT2D eigenvalue weighted by Gasteiger charge is 2.15. The van der Waals surface area contributed by atoms with Crippen molar-refractivity contribution in [1.82, 2.24) is 0 Å². The van der Waals surface area contributed by atoms with Crippen molar-refractivity contribution >= 4 is 11.3 Å². The zero-order valence-electron chi connectivity index (χ0n) is 8.99. The summed E-state index contributed by atoms with van der Waals surface area (Å²) in [6, 6.07) is 4.38. The smallest absolute Gasteiger partial charge is 0.00508 e. The number of hydrogen-bond acceptors (Lipinski definition) is 3. The van der Waals surface area contributed by atoms with E-state index in [4.69, 9.17) is 11.5 Å². The molecule has 14 heavy (non-hydrogen) atoms. The van der Waals surface area contributed by atoms with Crippen molar-refractivity contribution in [2.75, 3.05) is 13.1 Å². The first kappa shape index (κ1) is 11.7. The second kappa shape index (κ2) is 5.49. The van der Waals surface area contributed by atoms with Gasteiger partial charge in [0.2, 0.25) is 0 Å². The molecule has 0 aromatic carbocycles. The molecule has 0 aliphatic heterocycles. The molecule has 4 N–H and O–H groups in total. The molecule has 0 aliphatic carbocycles. The van der Waals surface area contributed by atoms with Crippen LogP contribution in [0.1, 0.15) is 16.7 Å². The van der Waals surface area contributed by atoms with Crippen molar-refractivity contribution in [3.63, 3.8) is 0 Å². The Morgan fingerprint density at radius 1 is 1.29 bits per heavy atom. The molecule has 1 rings (SSSR count). The van der Waals surface area contributed by atoms with Gasteiger partial charge in [0.25, 0.3) is 0 Å². The SMILES string of the molecule is Cc1ccc(CC(C)C(CN)CN)s1. The van der Waals surface area contributed by atoms with E-state index < -0.39 is 0 Å². The lowest BCUT2D eigenvalue weighted by Gasteiger charge is -2.19. The van der Waals surface area contributed by atoms with E-state index in [1.807, 2.05) is 11.3 Å². The molecular formula is C11H20N2S. The quantitative estimate of drug-likeness (QED) is 0.781. The lowest BCUT2D eigenvalue weighted by atomic mass is 9.91. The Kier molecular flexibility index (Phi) is 4.58. The lowest BCUT2D eigenvalue weighted by molar-refractivity contribution is 0.374. The minimum atomic E-state index is 0.456. The summed E-state index contributed by atoms with van der Waals surface area (Å²) < 4.78 is 0. The predicted molar refractivity (Wildman–Crippen MR) is 63.5 cm³/mol. The Morgan fingerprint density at radius 3 is 2.36 bits per heavy atom. The Hall–Kier alpha value is -0.380. The molecule has 3 heteroatoms. The maximum absolute atomic E-state index is 5.67. The largest absolute Gasteiger partial charge is 0.330 e. The maximum atomic E-state index is 5.67. The summed E-state index contributed by atoms with van der Waals surface area (Å²) >= 11 is 1.87. The second-order valence-electron chi connectivity index (χ2n) is 3.93. The van der Waals surface area contributed by atoms with E-state index in [0.717, 1.165) is 6.42 Å². The fourth-order valence-corrected chi connectivity index (χ4v) is 2.67. The normalized spacial score (nSPS) is 13.5. The predicted octanol–water partition coefficient (Wildman–Crippen LogP) is 1.77. The molecule has 1 aromatic heterocycles. The van der Waals surface area contributed by atoms with Crippen molar-refractivity contribution in [2.24, 2.45) is 23.3 Å². The Balaban J connectivity index is 2.51. The zero-order chi connectivity index (χ0) is 10.6. The minimum absolute atomic E-state index is 0.456. The first-order valence-electron chi connectivity index (χ1n) is 5.12. The average molecular weight is 212 g/mol. The molecule has 0 bridgehead atoms. The van der Waals surface area contributed by atoms with Crippen LogP contribution in [0.2, 0.25) is 0 Å². The van der Waals surface area contributed by atoms with E-state index in [9.17, 15) is 0 Å². The van der Waals surface area contributed by atoms with E-state index in [2.05, 4.69) is 26.0 Å². The van der Waals surface area contributed by atoms with Crippen molar-refractivity contribution < 1.29 is 0 Å². The van der Waals surface area contributed by atoms with Gasteiger partial charge in [-0.3, -0.25) is 0 Å². The highest BCUT2D eigenvalue weighted by Crippen LogP contribution is 2.22. The monoisotopic (exact) mass is 212 g/mol. The number of thiophene rings is 1. The molecule has 1 atom stereocenters. The average Bonchev–Trinajstić information content (AvgIpc) is 2.53. The Morgan fingerprint density at radius 2 is 1.93 bits per heavy atom. The van der Waals surface area contributed by atoms with Crippen LogP contribution in [0.25, 0.3) is 0 Å². The molecule has 1 aromatic rings. The summed E-state index contributed by atoms with van der Waals surface area (Å²) in [5.41, 5.74) is 11.3. The van der Waals surface area contributed by atoms with E-state index in [1.54, 1.807) is 0 Å². The van der Waals surface area contributed by atoms with Crippen LogP contribution in [0.5, 0.6) is 0 Å². The van der Waals surface area contributed by atoms with Crippen LogP contribution in [-0.4, -0.2) is 13.1 Å². The van der Waals surface area contributed by atoms with Gasteiger partial charge in [-0.2, -0.15) is 0 Å². The van der Waals surface area contributed by atoms with Gasteiger partial charge in [0.1, 0.15) is 0 Å². The molecule has 0 aliphatic rings. The van der Waals surface area contributed by atoms with Crippen LogP contribution in [0.4, 0.5) is 0 Å². The van der Waals surface area contributed by atoms with Gasteiger partial charge < -0.3 is 11.5 Å². The molecule has 0 fully saturated rings. The molecule has 0 radical (unpaired) electrons. The zero-order valence-corrected chi connectivity index (χ0v) is 9.81. The lowest BCUT2D eigenvalue weighted by Crippen LogP contribution is -2.29. The highest BCUT2D eigenvalue weighted by atomic mass is 32.1. The van der Waals surface area contributed by atoms with Gasteiger partial charge in [-0.25, -0.2) is 0 Å². The Labute approximate surface area is 90.3 Å². The van der Waals surface area contributed by atoms with Crippen LogP contribution in [0, 0.1) is 18.8 Å². The third kappa shape index (κ3) is 3.08. The van der Waals surface area contributed by atoms with Gasteiger partial charge in [-0.1, -0.05) is 6.92 Å². The van der Waals surface area contributed by atoms with Crippen molar-refractivity contribution in [3.05, 3.63) is 21.9 Å². The van der Waals surface area contributed by atoms with E-state index in [-0.39, 0.29) is 0 Å². The standard InChI is InChI=1S/C11H20N2S/c1-8(10(6-12)7-13)5-11-4-3-9(2)14-11/h3-4,8,10H,5-7,12-13H2,1-2H3. The summed E-state index contributed by atoms with van der Waals surface area (Å²) in [7, 11) is 0. The molecule has 1 heterocycles. The van der Waals surface area contributed by atoms with Gasteiger partial charge in [0, 0.05) is 9.75 Å². The molecule has 0 spiro atoms. The molecule has 2 nitrogen and oxygen atoms in total. The third-order valence-corrected chi connectivity index (χ3v) is 3.75. The fourth-order valence-electron chi connectivity index (χ4n) is 1.64. The van der Waals surface area contributed by atoms with Gasteiger partial charge in [-0.05, 0) is 50.4 Å².